The summed E-state index contributed by atoms with van der Waals surface area (Å²) in [5.41, 5.74) is 0.781. The Morgan fingerprint density at radius 3 is 2.67 bits per heavy atom. The second kappa shape index (κ2) is 4.82. The van der Waals surface area contributed by atoms with Crippen LogP contribution in [0.5, 0.6) is 0 Å². The van der Waals surface area contributed by atoms with Gasteiger partial charge in [0.1, 0.15) is 0 Å². The highest BCUT2D eigenvalue weighted by atomic mass is 127. The monoisotopic (exact) mass is 379 g/mol. The van der Waals surface area contributed by atoms with Gasteiger partial charge in [-0.2, -0.15) is 0 Å². The zero-order chi connectivity index (χ0) is 10.8. The number of benzene rings is 1. The van der Waals surface area contributed by atoms with Crippen LogP contribution in [-0.2, 0) is 0 Å². The van der Waals surface area contributed by atoms with E-state index in [0.717, 1.165) is 39.5 Å². The van der Waals surface area contributed by atoms with Crippen LogP contribution >= 0.6 is 38.5 Å². The van der Waals surface area contributed by atoms with Crippen LogP contribution < -0.4 is 0 Å². The van der Waals surface area contributed by atoms with Gasteiger partial charge in [0.05, 0.1) is 5.56 Å². The number of halogens is 2. The molecule has 1 aromatic rings. The molecule has 0 aromatic heterocycles. The van der Waals surface area contributed by atoms with E-state index in [1.54, 1.807) is 0 Å². The second-order valence-corrected chi connectivity index (χ2v) is 5.56. The van der Waals surface area contributed by atoms with Crippen molar-refractivity contribution < 1.29 is 4.79 Å². The predicted octanol–water partition coefficient (Wildman–Crippen LogP) is 3.29. The van der Waals surface area contributed by atoms with Gasteiger partial charge in [-0.1, -0.05) is 6.07 Å². The fourth-order valence-corrected chi connectivity index (χ4v) is 2.69. The number of hydrogen-bond acceptors (Lipinski definition) is 1. The number of likely N-dealkylation sites (tertiary alicyclic amines) is 1. The molecule has 0 spiro atoms. The molecule has 1 aliphatic heterocycles. The minimum atomic E-state index is 0.151. The number of amides is 1. The van der Waals surface area contributed by atoms with Gasteiger partial charge in [0.25, 0.3) is 5.91 Å². The molecule has 0 saturated carbocycles. The van der Waals surface area contributed by atoms with Crippen LogP contribution in [0.1, 0.15) is 23.2 Å². The van der Waals surface area contributed by atoms with Crippen molar-refractivity contribution in [3.63, 3.8) is 0 Å². The third kappa shape index (κ3) is 2.36. The average Bonchev–Trinajstić information content (AvgIpc) is 2.74. The molecular formula is C11H11BrINO. The zero-order valence-corrected chi connectivity index (χ0v) is 11.9. The summed E-state index contributed by atoms with van der Waals surface area (Å²) in [5, 5.41) is 0. The van der Waals surface area contributed by atoms with E-state index in [1.807, 2.05) is 23.1 Å². The molecule has 0 bridgehead atoms. The zero-order valence-electron chi connectivity index (χ0n) is 8.17. The molecule has 1 aromatic carbocycles. The van der Waals surface area contributed by atoms with Crippen molar-refractivity contribution >= 4 is 44.4 Å². The quantitative estimate of drug-likeness (QED) is 0.685. The number of rotatable bonds is 1. The van der Waals surface area contributed by atoms with Crippen molar-refractivity contribution in [2.24, 2.45) is 0 Å². The van der Waals surface area contributed by atoms with E-state index in [0.29, 0.717) is 0 Å². The second-order valence-electron chi connectivity index (χ2n) is 3.60. The highest BCUT2D eigenvalue weighted by Gasteiger charge is 2.21. The minimum Gasteiger partial charge on any atom is -0.339 e. The molecule has 80 valence electrons. The van der Waals surface area contributed by atoms with Gasteiger partial charge in [-0.15, -0.1) is 0 Å². The van der Waals surface area contributed by atoms with Crippen LogP contribution in [0.25, 0.3) is 0 Å². The molecule has 15 heavy (non-hydrogen) atoms. The van der Waals surface area contributed by atoms with E-state index in [-0.39, 0.29) is 5.91 Å². The van der Waals surface area contributed by atoms with E-state index in [4.69, 9.17) is 0 Å². The molecule has 2 rings (SSSR count). The fraction of sp³-hybridized carbons (Fsp3) is 0.364. The lowest BCUT2D eigenvalue weighted by Crippen LogP contribution is -2.27. The van der Waals surface area contributed by atoms with Gasteiger partial charge in [-0.3, -0.25) is 4.79 Å². The first kappa shape index (κ1) is 11.4. The maximum absolute atomic E-state index is 12.1. The molecular weight excluding hydrogens is 369 g/mol. The SMILES string of the molecule is O=C(c1cccc(I)c1Br)N1CCCC1. The first-order valence-electron chi connectivity index (χ1n) is 4.93. The summed E-state index contributed by atoms with van der Waals surface area (Å²) in [4.78, 5) is 14.0. The Morgan fingerprint density at radius 1 is 1.33 bits per heavy atom. The van der Waals surface area contributed by atoms with Crippen LogP contribution in [0.2, 0.25) is 0 Å². The smallest absolute Gasteiger partial charge is 0.255 e. The summed E-state index contributed by atoms with van der Waals surface area (Å²) in [6, 6.07) is 5.80. The Labute approximate surface area is 111 Å². The topological polar surface area (TPSA) is 20.3 Å². The molecule has 0 atom stereocenters. The fourth-order valence-electron chi connectivity index (χ4n) is 1.76. The lowest BCUT2D eigenvalue weighted by atomic mass is 10.2. The lowest BCUT2D eigenvalue weighted by molar-refractivity contribution is 0.0792. The first-order valence-corrected chi connectivity index (χ1v) is 6.80. The number of carbonyl (C=O) groups is 1. The Bertz CT molecular complexity index is 388. The van der Waals surface area contributed by atoms with Gasteiger partial charge in [0.15, 0.2) is 0 Å². The minimum absolute atomic E-state index is 0.151. The van der Waals surface area contributed by atoms with Crippen LogP contribution in [-0.4, -0.2) is 23.9 Å². The maximum atomic E-state index is 12.1. The number of nitrogens with zero attached hydrogens (tertiary/aromatic N) is 1. The van der Waals surface area contributed by atoms with Gasteiger partial charge in [0.2, 0.25) is 0 Å². The Hall–Kier alpha value is -0.100. The first-order chi connectivity index (χ1) is 7.20. The molecule has 0 aliphatic carbocycles. The van der Waals surface area contributed by atoms with Gasteiger partial charge >= 0.3 is 0 Å². The van der Waals surface area contributed by atoms with Gasteiger partial charge in [0, 0.05) is 21.1 Å². The van der Waals surface area contributed by atoms with Crippen LogP contribution in [0.15, 0.2) is 22.7 Å². The van der Waals surface area contributed by atoms with Crippen molar-refractivity contribution in [3.8, 4) is 0 Å². The summed E-state index contributed by atoms with van der Waals surface area (Å²) >= 11 is 5.70. The molecule has 2 nitrogen and oxygen atoms in total. The van der Waals surface area contributed by atoms with Gasteiger partial charge in [-0.05, 0) is 63.5 Å². The molecule has 1 saturated heterocycles. The summed E-state index contributed by atoms with van der Waals surface area (Å²) in [6.07, 6.45) is 2.26. The third-order valence-electron chi connectivity index (χ3n) is 2.58. The summed E-state index contributed by atoms with van der Waals surface area (Å²) < 4.78 is 2.00. The van der Waals surface area contributed by atoms with Gasteiger partial charge in [-0.25, -0.2) is 0 Å². The van der Waals surface area contributed by atoms with Crippen molar-refractivity contribution in [1.29, 1.82) is 0 Å². The predicted molar refractivity (Wildman–Crippen MR) is 72.0 cm³/mol. The van der Waals surface area contributed by atoms with E-state index in [1.165, 1.54) is 0 Å². The molecule has 1 fully saturated rings. The normalized spacial score (nSPS) is 15.7. The number of hydrogen-bond donors (Lipinski definition) is 0. The molecule has 0 unspecified atom stereocenters. The third-order valence-corrected chi connectivity index (χ3v) is 5.07. The van der Waals surface area contributed by atoms with Crippen LogP contribution in [0, 0.1) is 3.57 Å². The van der Waals surface area contributed by atoms with E-state index >= 15 is 0 Å². The van der Waals surface area contributed by atoms with Crippen molar-refractivity contribution in [1.82, 2.24) is 4.90 Å². The Morgan fingerprint density at radius 2 is 2.00 bits per heavy atom. The highest BCUT2D eigenvalue weighted by molar-refractivity contribution is 14.1. The van der Waals surface area contributed by atoms with Gasteiger partial charge < -0.3 is 4.90 Å². The maximum Gasteiger partial charge on any atom is 0.255 e. The molecule has 0 N–H and O–H groups in total. The summed E-state index contributed by atoms with van der Waals surface area (Å²) in [6.45, 7) is 1.80. The van der Waals surface area contributed by atoms with Crippen LogP contribution in [0.4, 0.5) is 0 Å². The number of carbonyl (C=O) groups excluding carboxylic acids is 1. The summed E-state index contributed by atoms with van der Waals surface area (Å²) in [7, 11) is 0. The molecule has 0 radical (unpaired) electrons. The van der Waals surface area contributed by atoms with Crippen molar-refractivity contribution in [2.75, 3.05) is 13.1 Å². The van der Waals surface area contributed by atoms with Crippen LogP contribution in [0.3, 0.4) is 0 Å². The van der Waals surface area contributed by atoms with Crippen molar-refractivity contribution in [2.45, 2.75) is 12.8 Å². The molecule has 1 aliphatic rings. The lowest BCUT2D eigenvalue weighted by Gasteiger charge is -2.16. The van der Waals surface area contributed by atoms with E-state index < -0.39 is 0 Å². The Kier molecular flexibility index (Phi) is 3.66. The van der Waals surface area contributed by atoms with Crippen molar-refractivity contribution in [3.05, 3.63) is 31.8 Å². The Balaban J connectivity index is 2.28. The standard InChI is InChI=1S/C11H11BrINO/c12-10-8(4-3-5-9(10)13)11(15)14-6-1-2-7-14/h3-5H,1-2,6-7H2. The average molecular weight is 380 g/mol. The molecule has 1 amide bonds. The molecule has 4 heteroatoms. The highest BCUT2D eigenvalue weighted by Crippen LogP contribution is 2.25. The van der Waals surface area contributed by atoms with E-state index in [2.05, 4.69) is 38.5 Å². The largest absolute Gasteiger partial charge is 0.339 e. The van der Waals surface area contributed by atoms with E-state index in [9.17, 15) is 4.79 Å². The summed E-state index contributed by atoms with van der Waals surface area (Å²) in [5.74, 6) is 0.151. The molecule has 1 heterocycles.